The van der Waals surface area contributed by atoms with Gasteiger partial charge in [-0.3, -0.25) is 0 Å². The molecule has 0 heterocycles. The van der Waals surface area contributed by atoms with Crippen molar-refractivity contribution in [1.29, 1.82) is 0 Å². The van der Waals surface area contributed by atoms with Crippen molar-refractivity contribution in [3.05, 3.63) is 0 Å². The Kier molecular flexibility index (Phi) is 9.36. The molecule has 0 unspecified atom stereocenters. The van der Waals surface area contributed by atoms with Crippen LogP contribution < -0.4 is 0 Å². The SMILES string of the molecule is O=CC(P(C1CCCCC1)C1CCCCC1)P(C1CCCCC1)C1CCCCC1. The molecule has 0 atom stereocenters. The van der Waals surface area contributed by atoms with Gasteiger partial charge in [-0.15, -0.1) is 0 Å². The lowest BCUT2D eigenvalue weighted by atomic mass is 9.99. The first-order valence-electron chi connectivity index (χ1n) is 13.4. The van der Waals surface area contributed by atoms with Crippen molar-refractivity contribution < 1.29 is 4.79 Å². The molecule has 0 aromatic heterocycles. The quantitative estimate of drug-likeness (QED) is 0.288. The third kappa shape index (κ3) is 5.86. The zero-order chi connectivity index (χ0) is 19.9. The van der Waals surface area contributed by atoms with Crippen LogP contribution in [0.4, 0.5) is 0 Å². The van der Waals surface area contributed by atoms with Gasteiger partial charge in [-0.1, -0.05) is 92.9 Å². The molecular formula is C26H46OP2. The van der Waals surface area contributed by atoms with E-state index >= 15 is 0 Å². The fourth-order valence-corrected chi connectivity index (χ4v) is 17.8. The molecule has 4 aliphatic rings. The Hall–Kier alpha value is 0.530. The predicted octanol–water partition coefficient (Wildman–Crippen LogP) is 8.81. The molecule has 0 aromatic rings. The average Bonchev–Trinajstić information content (AvgIpc) is 2.81. The summed E-state index contributed by atoms with van der Waals surface area (Å²) < 4.78 is 0. The van der Waals surface area contributed by atoms with Gasteiger partial charge in [-0.25, -0.2) is 0 Å². The third-order valence-electron chi connectivity index (χ3n) is 8.72. The summed E-state index contributed by atoms with van der Waals surface area (Å²) in [5, 5.41) is 0.511. The third-order valence-corrected chi connectivity index (χ3v) is 17.2. The first-order valence-corrected chi connectivity index (χ1v) is 16.5. The highest BCUT2D eigenvalue weighted by Crippen LogP contribution is 2.71. The predicted molar refractivity (Wildman–Crippen MR) is 131 cm³/mol. The summed E-state index contributed by atoms with van der Waals surface area (Å²) in [6.07, 6.45) is 30.7. The molecule has 0 aliphatic heterocycles. The second-order valence-corrected chi connectivity index (χ2v) is 16.8. The molecule has 4 aliphatic carbocycles. The van der Waals surface area contributed by atoms with E-state index in [4.69, 9.17) is 0 Å². The Bertz CT molecular complexity index is 395. The molecule has 0 bridgehead atoms. The number of hydrogen-bond donors (Lipinski definition) is 0. The molecule has 4 fully saturated rings. The maximum absolute atomic E-state index is 13.0. The lowest BCUT2D eigenvalue weighted by Gasteiger charge is -2.49. The summed E-state index contributed by atoms with van der Waals surface area (Å²) in [5.41, 5.74) is 3.76. The number of aldehydes is 1. The molecule has 4 rings (SSSR count). The average molecular weight is 437 g/mol. The van der Waals surface area contributed by atoms with E-state index in [1.54, 1.807) is 6.29 Å². The summed E-state index contributed by atoms with van der Waals surface area (Å²) in [7, 11) is -0.177. The monoisotopic (exact) mass is 436 g/mol. The van der Waals surface area contributed by atoms with E-state index in [2.05, 4.69) is 0 Å². The zero-order valence-corrected chi connectivity index (χ0v) is 20.7. The molecular weight excluding hydrogens is 390 g/mol. The molecule has 166 valence electrons. The van der Waals surface area contributed by atoms with E-state index in [9.17, 15) is 4.79 Å². The van der Waals surface area contributed by atoms with Crippen LogP contribution in [0.1, 0.15) is 128 Å². The Morgan fingerprint density at radius 1 is 0.448 bits per heavy atom. The molecule has 0 radical (unpaired) electrons. The molecule has 0 N–H and O–H groups in total. The standard InChI is InChI=1S/C26H46OP2/c27-21-26(28(22-13-5-1-6-14-22)23-15-7-2-8-16-23)29(24-17-9-3-10-18-24)25-19-11-4-12-20-25/h21-26H,1-20H2. The van der Waals surface area contributed by atoms with E-state index in [-0.39, 0.29) is 15.8 Å². The van der Waals surface area contributed by atoms with Gasteiger partial charge < -0.3 is 4.79 Å². The Morgan fingerprint density at radius 3 is 0.897 bits per heavy atom. The second-order valence-electron chi connectivity index (χ2n) is 10.6. The fourth-order valence-electron chi connectivity index (χ4n) is 7.27. The van der Waals surface area contributed by atoms with Gasteiger partial charge in [0, 0.05) is 0 Å². The van der Waals surface area contributed by atoms with Gasteiger partial charge in [-0.05, 0) is 74.0 Å². The molecule has 0 aromatic carbocycles. The van der Waals surface area contributed by atoms with Gasteiger partial charge in [-0.2, -0.15) is 0 Å². The number of carbonyl (C=O) groups excluding carboxylic acids is 1. The normalized spacial score (nSPS) is 27.1. The minimum Gasteiger partial charge on any atom is -0.302 e. The van der Waals surface area contributed by atoms with Crippen LogP contribution in [0.3, 0.4) is 0 Å². The van der Waals surface area contributed by atoms with Crippen LogP contribution in [0.2, 0.25) is 0 Å². The summed E-state index contributed by atoms with van der Waals surface area (Å²) >= 11 is 0. The van der Waals surface area contributed by atoms with Crippen LogP contribution in [-0.4, -0.2) is 34.3 Å². The minimum atomic E-state index is -0.0887. The second kappa shape index (κ2) is 12.0. The maximum Gasteiger partial charge on any atom is 0.131 e. The van der Waals surface area contributed by atoms with Crippen molar-refractivity contribution in [2.45, 2.75) is 156 Å². The van der Waals surface area contributed by atoms with Crippen molar-refractivity contribution in [1.82, 2.24) is 0 Å². The van der Waals surface area contributed by atoms with Crippen molar-refractivity contribution in [2.75, 3.05) is 0 Å². The Labute approximate surface area is 183 Å². The molecule has 29 heavy (non-hydrogen) atoms. The molecule has 0 spiro atoms. The Morgan fingerprint density at radius 2 is 0.690 bits per heavy atom. The smallest absolute Gasteiger partial charge is 0.131 e. The van der Waals surface area contributed by atoms with E-state index < -0.39 is 0 Å². The minimum absolute atomic E-state index is 0.0887. The van der Waals surface area contributed by atoms with Crippen LogP contribution in [-0.2, 0) is 4.79 Å². The van der Waals surface area contributed by atoms with Gasteiger partial charge in [0.1, 0.15) is 6.29 Å². The van der Waals surface area contributed by atoms with Gasteiger partial charge in [0.2, 0.25) is 0 Å². The van der Waals surface area contributed by atoms with E-state index in [1.165, 1.54) is 128 Å². The van der Waals surface area contributed by atoms with E-state index in [0.717, 1.165) is 22.6 Å². The van der Waals surface area contributed by atoms with Crippen molar-refractivity contribution in [2.24, 2.45) is 0 Å². The van der Waals surface area contributed by atoms with Crippen molar-refractivity contribution in [3.8, 4) is 0 Å². The largest absolute Gasteiger partial charge is 0.302 e. The van der Waals surface area contributed by atoms with Crippen LogP contribution in [0, 0.1) is 0 Å². The fraction of sp³-hybridized carbons (Fsp3) is 0.962. The summed E-state index contributed by atoms with van der Waals surface area (Å²) in [5.74, 6) is 0. The van der Waals surface area contributed by atoms with Gasteiger partial charge in [0.25, 0.3) is 0 Å². The summed E-state index contributed by atoms with van der Waals surface area (Å²) in [6.45, 7) is 0. The van der Waals surface area contributed by atoms with Crippen LogP contribution in [0.15, 0.2) is 0 Å². The first kappa shape index (κ1) is 22.7. The van der Waals surface area contributed by atoms with Crippen molar-refractivity contribution >= 4 is 22.1 Å². The zero-order valence-electron chi connectivity index (χ0n) is 18.9. The van der Waals surface area contributed by atoms with E-state index in [1.807, 2.05) is 0 Å². The molecule has 0 saturated heterocycles. The lowest BCUT2D eigenvalue weighted by Crippen LogP contribution is -2.32. The molecule has 0 amide bonds. The highest BCUT2D eigenvalue weighted by Gasteiger charge is 2.44. The number of carbonyl (C=O) groups is 1. The van der Waals surface area contributed by atoms with Gasteiger partial charge >= 0.3 is 0 Å². The highest BCUT2D eigenvalue weighted by molar-refractivity contribution is 7.78. The van der Waals surface area contributed by atoms with Crippen LogP contribution in [0.5, 0.6) is 0 Å². The summed E-state index contributed by atoms with van der Waals surface area (Å²) in [6, 6.07) is 0. The van der Waals surface area contributed by atoms with Crippen molar-refractivity contribution in [3.63, 3.8) is 0 Å². The Balaban J connectivity index is 1.61. The lowest BCUT2D eigenvalue weighted by molar-refractivity contribution is -0.106. The first-order chi connectivity index (χ1) is 14.4. The van der Waals surface area contributed by atoms with Crippen LogP contribution >= 0.6 is 15.8 Å². The molecule has 3 heteroatoms. The summed E-state index contributed by atoms with van der Waals surface area (Å²) in [4.78, 5) is 13.0. The number of rotatable bonds is 7. The molecule has 4 saturated carbocycles. The van der Waals surface area contributed by atoms with E-state index in [0.29, 0.717) is 5.40 Å². The van der Waals surface area contributed by atoms with Gasteiger partial charge in [0.15, 0.2) is 0 Å². The molecule has 1 nitrogen and oxygen atoms in total. The number of hydrogen-bond acceptors (Lipinski definition) is 1. The maximum atomic E-state index is 13.0. The van der Waals surface area contributed by atoms with Gasteiger partial charge in [0.05, 0.1) is 5.40 Å². The highest BCUT2D eigenvalue weighted by atomic mass is 31.2. The van der Waals surface area contributed by atoms with Crippen LogP contribution in [0.25, 0.3) is 0 Å². The topological polar surface area (TPSA) is 17.1 Å².